The van der Waals surface area contributed by atoms with Crippen molar-refractivity contribution in [3.05, 3.63) is 253 Å². The van der Waals surface area contributed by atoms with Gasteiger partial charge in [-0.25, -0.2) is 0 Å². The number of nitrogens with one attached hydrogen (secondary N) is 2. The summed E-state index contributed by atoms with van der Waals surface area (Å²) < 4.78 is 23.9. The Morgan fingerprint density at radius 3 is 1.11 bits per heavy atom. The molecule has 0 saturated heterocycles. The van der Waals surface area contributed by atoms with E-state index in [0.29, 0.717) is 0 Å². The molecule has 6 N–H and O–H groups in total. The number of aromatic amines is 2. The van der Waals surface area contributed by atoms with Gasteiger partial charge in [-0.1, -0.05) is 164 Å². The first-order chi connectivity index (χ1) is 43.3. The lowest BCUT2D eigenvalue weighted by Crippen LogP contribution is -2.43. The third kappa shape index (κ3) is 9.12. The number of aromatic nitrogens is 4. The summed E-state index contributed by atoms with van der Waals surface area (Å²) in [7, 11) is 0. The number of halogens is 1. The molecular weight excluding hydrogens is 1160 g/mol. The normalized spacial score (nSPS) is 14.4. The van der Waals surface area contributed by atoms with Crippen molar-refractivity contribution in [1.29, 1.82) is 0 Å². The van der Waals surface area contributed by atoms with E-state index in [2.05, 4.69) is 229 Å². The van der Waals surface area contributed by atoms with Crippen LogP contribution in [0.5, 0.6) is 0 Å². The minimum absolute atomic E-state index is 0. The molecule has 432 valence electrons. The van der Waals surface area contributed by atoms with Crippen molar-refractivity contribution in [3.8, 4) is 11.4 Å². The molecule has 2 atom stereocenters. The number of hydrogen-bond acceptors (Lipinski definition) is 5. The van der Waals surface area contributed by atoms with Gasteiger partial charge < -0.3 is 43.8 Å². The maximum absolute atomic E-state index is 6.19. The highest BCUT2D eigenvalue weighted by Crippen LogP contribution is 2.42. The summed E-state index contributed by atoms with van der Waals surface area (Å²) >= 11 is 3.46. The van der Waals surface area contributed by atoms with Gasteiger partial charge in [0.15, 0.2) is 0 Å². The molecule has 0 amide bonds. The maximum Gasteiger partial charge on any atom is 0.135 e. The summed E-state index contributed by atoms with van der Waals surface area (Å²) in [5, 5.41) is 16.9. The Balaban J connectivity index is 0.000000120. The van der Waals surface area contributed by atoms with Crippen molar-refractivity contribution in [2.24, 2.45) is 11.5 Å². The van der Waals surface area contributed by atoms with Crippen LogP contribution in [0.2, 0.25) is 0 Å². The van der Waals surface area contributed by atoms with E-state index in [1.54, 1.807) is 0 Å². The van der Waals surface area contributed by atoms with Gasteiger partial charge in [0.25, 0.3) is 0 Å². The molecule has 20 rings (SSSR count). The van der Waals surface area contributed by atoms with E-state index >= 15 is 0 Å². The molecule has 9 nitrogen and oxygen atoms in total. The second-order valence-electron chi connectivity index (χ2n) is 23.3. The van der Waals surface area contributed by atoms with Gasteiger partial charge in [0, 0.05) is 125 Å². The lowest BCUT2D eigenvalue weighted by atomic mass is 9.92. The van der Waals surface area contributed by atoms with E-state index in [1.165, 1.54) is 105 Å². The van der Waals surface area contributed by atoms with E-state index < -0.39 is 0 Å². The van der Waals surface area contributed by atoms with Gasteiger partial charge in [0.1, 0.15) is 33.5 Å². The second-order valence-corrected chi connectivity index (χ2v) is 24.2. The standard InChI is InChI=1S/C42H24N2O2.C18H12N2.C12H7BrO.C6H14N2.CH4/c1-5-13-35-27(9-1)31-23-32-28-10-2-6-14-36(28)44(26-18-20-42-34(22-26)30-12-4-8-16-40(30)46-42)38(32)24-37(31)43(35)25-17-19-41-33(21-25)29-11-3-7-15-39(29)45-41;1-3-7-15-11(5-1)13-9-14-12-6-2-4-8-16(12)20-18(14)10-17(13)19-15;13-8-5-6-12-10(7-8)9-3-1-2-4-11(9)14-12;7-5-3-1-2-4-6(5)8;/h1-24H;1-10,19-20H;1-7H;5-6H,1-4,7-8H2;1H4/t;;;5-,6-;/m...1./s1. The van der Waals surface area contributed by atoms with Crippen molar-refractivity contribution in [1.82, 2.24) is 19.1 Å². The van der Waals surface area contributed by atoms with Gasteiger partial charge in [-0.15, -0.1) is 0 Å². The molecule has 1 aliphatic carbocycles. The van der Waals surface area contributed by atoms with Crippen LogP contribution in [-0.2, 0) is 0 Å². The van der Waals surface area contributed by atoms with E-state index in [0.717, 1.165) is 89.1 Å². The fraction of sp³-hybridized carbons (Fsp3) is 0.0886. The Labute approximate surface area is 519 Å². The summed E-state index contributed by atoms with van der Waals surface area (Å²) in [5.41, 5.74) is 28.5. The third-order valence-electron chi connectivity index (χ3n) is 18.0. The number of para-hydroxylation sites is 7. The minimum atomic E-state index is 0. The van der Waals surface area contributed by atoms with Crippen LogP contribution in [0.3, 0.4) is 0 Å². The number of benzene rings is 12. The smallest absolute Gasteiger partial charge is 0.135 e. The molecule has 89 heavy (non-hydrogen) atoms. The molecule has 1 fully saturated rings. The van der Waals surface area contributed by atoms with Crippen LogP contribution in [0.4, 0.5) is 0 Å². The molecule has 12 aromatic carbocycles. The third-order valence-corrected chi connectivity index (χ3v) is 18.5. The Morgan fingerprint density at radius 1 is 0.303 bits per heavy atom. The molecule has 0 bridgehead atoms. The summed E-state index contributed by atoms with van der Waals surface area (Å²) in [6.07, 6.45) is 4.80. The molecule has 1 aliphatic rings. The molecule has 1 saturated carbocycles. The number of hydrogen-bond donors (Lipinski definition) is 4. The molecule has 7 heterocycles. The molecule has 0 unspecified atom stereocenters. The second kappa shape index (κ2) is 21.8. The first-order valence-electron chi connectivity index (χ1n) is 30.1. The van der Waals surface area contributed by atoms with Crippen LogP contribution in [0, 0.1) is 0 Å². The predicted molar refractivity (Wildman–Crippen MR) is 377 cm³/mol. The molecule has 7 aromatic heterocycles. The Hall–Kier alpha value is -10.4. The van der Waals surface area contributed by atoms with Crippen molar-refractivity contribution in [2.45, 2.75) is 45.2 Å². The van der Waals surface area contributed by atoms with Crippen LogP contribution in [0.15, 0.2) is 266 Å². The maximum atomic E-state index is 6.19. The molecule has 19 aromatic rings. The van der Waals surface area contributed by atoms with Gasteiger partial charge in [-0.2, -0.15) is 0 Å². The zero-order chi connectivity index (χ0) is 58.6. The average Bonchev–Trinajstić information content (AvgIpc) is 1.60. The Morgan fingerprint density at radius 2 is 0.663 bits per heavy atom. The minimum Gasteiger partial charge on any atom is -0.456 e. The van der Waals surface area contributed by atoms with Crippen LogP contribution in [-0.4, -0.2) is 31.2 Å². The van der Waals surface area contributed by atoms with Gasteiger partial charge in [0.05, 0.1) is 22.1 Å². The highest BCUT2D eigenvalue weighted by Gasteiger charge is 2.21. The van der Waals surface area contributed by atoms with Gasteiger partial charge >= 0.3 is 0 Å². The summed E-state index contributed by atoms with van der Waals surface area (Å²) in [5.74, 6) is 0. The fourth-order valence-electron chi connectivity index (χ4n) is 13.8. The van der Waals surface area contributed by atoms with Crippen molar-refractivity contribution < 1.29 is 13.3 Å². The summed E-state index contributed by atoms with van der Waals surface area (Å²) in [6, 6.07) is 88.0. The fourth-order valence-corrected chi connectivity index (χ4v) is 14.1. The van der Waals surface area contributed by atoms with Gasteiger partial charge in [-0.05, 0) is 134 Å². The van der Waals surface area contributed by atoms with Crippen LogP contribution in [0.1, 0.15) is 33.1 Å². The first kappa shape index (κ1) is 54.1. The predicted octanol–water partition coefficient (Wildman–Crippen LogP) is 21.8. The van der Waals surface area contributed by atoms with Gasteiger partial charge in [0.2, 0.25) is 0 Å². The lowest BCUT2D eigenvalue weighted by molar-refractivity contribution is 0.385. The quantitative estimate of drug-likeness (QED) is 0.137. The van der Waals surface area contributed by atoms with Crippen LogP contribution >= 0.6 is 15.9 Å². The molecule has 0 radical (unpaired) electrons. The molecule has 0 aliphatic heterocycles. The topological polar surface area (TPSA) is 133 Å². The number of rotatable bonds is 2. The number of fused-ring (bicyclic) bond motifs is 21. The molecule has 0 spiro atoms. The Kier molecular flexibility index (Phi) is 13.2. The van der Waals surface area contributed by atoms with Crippen molar-refractivity contribution >= 4 is 169 Å². The van der Waals surface area contributed by atoms with Crippen molar-refractivity contribution in [3.63, 3.8) is 0 Å². The van der Waals surface area contributed by atoms with E-state index in [9.17, 15) is 0 Å². The number of H-pyrrole nitrogens is 2. The van der Waals surface area contributed by atoms with Crippen molar-refractivity contribution in [2.75, 3.05) is 0 Å². The van der Waals surface area contributed by atoms with E-state index in [4.69, 9.17) is 24.7 Å². The highest BCUT2D eigenvalue weighted by atomic mass is 79.9. The average molecular weight is 1220 g/mol. The van der Waals surface area contributed by atoms with Crippen LogP contribution in [0.25, 0.3) is 164 Å². The van der Waals surface area contributed by atoms with Crippen LogP contribution < -0.4 is 11.5 Å². The highest BCUT2D eigenvalue weighted by molar-refractivity contribution is 9.10. The van der Waals surface area contributed by atoms with E-state index in [-0.39, 0.29) is 19.5 Å². The Bertz CT molecular complexity index is 5630. The number of furan rings is 3. The molecular formula is C79H61BrN6O3. The SMILES string of the molecule is Brc1ccc2oc3ccccc3c2c1.C.N[C@@H]1CCCC[C@H]1N.c1ccc2c(c1)[nH]c1cc3[nH]c4ccccc4c3cc12.c1ccc2c(c1)oc1ccc(-n3c4ccccc4c4cc5c6ccccc6n(-c6ccc7oc8ccccc8c7c6)c5cc43)cc12. The zero-order valence-electron chi connectivity index (χ0n) is 47.8. The first-order valence-corrected chi connectivity index (χ1v) is 30.9. The van der Waals surface area contributed by atoms with Gasteiger partial charge in [-0.3, -0.25) is 0 Å². The molecule has 10 heteroatoms. The zero-order valence-corrected chi connectivity index (χ0v) is 49.4. The monoisotopic (exact) mass is 1220 g/mol. The van der Waals surface area contributed by atoms with E-state index in [1.807, 2.05) is 54.6 Å². The summed E-state index contributed by atoms with van der Waals surface area (Å²) in [4.78, 5) is 6.99. The number of nitrogens with zero attached hydrogens (tertiary/aromatic N) is 2. The number of nitrogens with two attached hydrogens (primary N) is 2. The summed E-state index contributed by atoms with van der Waals surface area (Å²) in [6.45, 7) is 0. The largest absolute Gasteiger partial charge is 0.456 e. The lowest BCUT2D eigenvalue weighted by Gasteiger charge is -2.24.